The van der Waals surface area contributed by atoms with E-state index in [9.17, 15) is 14.7 Å². The number of β-amino-alcohol motifs (C(OH)–C–C–N with tert-alkyl or cyclic N) is 1. The van der Waals surface area contributed by atoms with Gasteiger partial charge in [0, 0.05) is 41.9 Å². The third-order valence-electron chi connectivity index (χ3n) is 6.61. The topological polar surface area (TPSA) is 94.6 Å². The molecule has 11 heteroatoms. The number of likely N-dealkylation sites (N-methyl/N-ethyl adjacent to an activating group) is 1. The minimum atomic E-state index is -0.814. The predicted molar refractivity (Wildman–Crippen MR) is 129 cm³/mol. The number of ether oxygens (including phenoxy) is 2. The lowest BCUT2D eigenvalue weighted by Crippen LogP contribution is -2.58. The van der Waals surface area contributed by atoms with E-state index in [1.165, 1.54) is 0 Å². The molecule has 0 spiro atoms. The van der Waals surface area contributed by atoms with Crippen LogP contribution < -0.4 is 5.32 Å². The first-order valence-corrected chi connectivity index (χ1v) is 12.5. The van der Waals surface area contributed by atoms with Gasteiger partial charge in [-0.15, -0.1) is 0 Å². The van der Waals surface area contributed by atoms with E-state index in [1.807, 2.05) is 4.90 Å². The van der Waals surface area contributed by atoms with E-state index in [-0.39, 0.29) is 49.9 Å². The number of rotatable bonds is 3. The number of fused-ring (bicyclic) bond motifs is 1. The summed E-state index contributed by atoms with van der Waals surface area (Å²) < 4.78 is 11.9. The molecular formula is C23H32Cl2N4O5. The second-order valence-electron chi connectivity index (χ2n) is 9.26. The molecule has 3 aliphatic rings. The number of nitrogens with one attached hydrogen (secondary N) is 1. The summed E-state index contributed by atoms with van der Waals surface area (Å²) in [6.07, 6.45) is 0.182. The maximum absolute atomic E-state index is 13.2. The van der Waals surface area contributed by atoms with Crippen LogP contribution in [-0.2, 0) is 14.3 Å². The highest BCUT2D eigenvalue weighted by atomic mass is 35.5. The van der Waals surface area contributed by atoms with Crippen LogP contribution >= 0.6 is 23.2 Å². The molecule has 4 atom stereocenters. The average molecular weight is 515 g/mol. The number of urea groups is 1. The van der Waals surface area contributed by atoms with Gasteiger partial charge in [-0.3, -0.25) is 4.79 Å². The number of hydrogen-bond donors (Lipinski definition) is 2. The smallest absolute Gasteiger partial charge is 0.322 e. The summed E-state index contributed by atoms with van der Waals surface area (Å²) >= 11 is 12.1. The highest BCUT2D eigenvalue weighted by Gasteiger charge is 2.40. The fraction of sp³-hybridized carbons (Fsp3) is 0.652. The SMILES string of the molecule is CN1CCN(C(=O)C[C@@H]2CC[C@H]3[C@@H](COC[C@H](O)CN3C(=O)Nc3cc(Cl)cc(Cl)c3)O2)CC1. The standard InChI is InChI=1S/C23H32Cl2N4O5/c1-27-4-6-28(7-5-27)22(31)11-19-2-3-20-21(34-19)14-33-13-18(30)12-29(20)23(32)26-17-9-15(24)8-16(25)10-17/h8-10,18-21,30H,2-7,11-14H2,1H3,(H,26,32)/t18-,19+,20+,21-/m1/s1. The van der Waals surface area contributed by atoms with Crippen LogP contribution in [0.25, 0.3) is 0 Å². The number of benzene rings is 1. The summed E-state index contributed by atoms with van der Waals surface area (Å²) in [4.78, 5) is 31.7. The first-order valence-electron chi connectivity index (χ1n) is 11.7. The fourth-order valence-electron chi connectivity index (χ4n) is 4.78. The van der Waals surface area contributed by atoms with E-state index in [0.29, 0.717) is 35.0 Å². The lowest BCUT2D eigenvalue weighted by Gasteiger charge is -2.44. The normalized spacial score (nSPS) is 28.6. The summed E-state index contributed by atoms with van der Waals surface area (Å²) in [5.74, 6) is 0.103. The average Bonchev–Trinajstić information content (AvgIpc) is 2.76. The Kier molecular flexibility index (Phi) is 8.55. The molecule has 34 heavy (non-hydrogen) atoms. The van der Waals surface area contributed by atoms with Gasteiger partial charge in [-0.05, 0) is 38.1 Å². The van der Waals surface area contributed by atoms with Crippen molar-refractivity contribution in [2.75, 3.05) is 58.3 Å². The van der Waals surface area contributed by atoms with Crippen LogP contribution in [0.1, 0.15) is 19.3 Å². The molecular weight excluding hydrogens is 483 g/mol. The van der Waals surface area contributed by atoms with Crippen LogP contribution in [0.15, 0.2) is 18.2 Å². The number of aliphatic hydroxyl groups is 1. The Morgan fingerprint density at radius 2 is 1.79 bits per heavy atom. The van der Waals surface area contributed by atoms with Crippen molar-refractivity contribution >= 4 is 40.8 Å². The molecule has 188 valence electrons. The second-order valence-corrected chi connectivity index (χ2v) is 10.1. The number of anilines is 1. The van der Waals surface area contributed by atoms with Crippen molar-refractivity contribution < 1.29 is 24.2 Å². The summed E-state index contributed by atoms with van der Waals surface area (Å²) in [6, 6.07) is 4.15. The number of aliphatic hydroxyl groups excluding tert-OH is 1. The molecule has 0 radical (unpaired) electrons. The molecule has 0 saturated carbocycles. The number of piperazine rings is 1. The van der Waals surface area contributed by atoms with Gasteiger partial charge in [0.05, 0.1) is 44.4 Å². The van der Waals surface area contributed by atoms with E-state index in [1.54, 1.807) is 23.1 Å². The van der Waals surface area contributed by atoms with Gasteiger partial charge in [0.2, 0.25) is 5.91 Å². The Balaban J connectivity index is 1.41. The Morgan fingerprint density at radius 3 is 2.50 bits per heavy atom. The van der Waals surface area contributed by atoms with Crippen molar-refractivity contribution in [3.8, 4) is 0 Å². The van der Waals surface area contributed by atoms with Gasteiger partial charge in [0.25, 0.3) is 0 Å². The number of hydrogen-bond acceptors (Lipinski definition) is 6. The zero-order valence-electron chi connectivity index (χ0n) is 19.3. The van der Waals surface area contributed by atoms with Crippen LogP contribution in [0, 0.1) is 0 Å². The first kappa shape index (κ1) is 25.5. The van der Waals surface area contributed by atoms with Crippen LogP contribution in [0.5, 0.6) is 0 Å². The van der Waals surface area contributed by atoms with E-state index in [4.69, 9.17) is 32.7 Å². The molecule has 3 heterocycles. The molecule has 0 unspecified atom stereocenters. The molecule has 0 aliphatic carbocycles. The minimum Gasteiger partial charge on any atom is -0.389 e. The van der Waals surface area contributed by atoms with Crippen LogP contribution in [-0.4, -0.2) is 109 Å². The van der Waals surface area contributed by atoms with Crippen molar-refractivity contribution in [1.82, 2.24) is 14.7 Å². The predicted octanol–water partition coefficient (Wildman–Crippen LogP) is 2.30. The van der Waals surface area contributed by atoms with Crippen LogP contribution in [0.3, 0.4) is 0 Å². The van der Waals surface area contributed by atoms with Gasteiger partial charge in [-0.2, -0.15) is 0 Å². The van der Waals surface area contributed by atoms with Crippen molar-refractivity contribution in [3.05, 3.63) is 28.2 Å². The molecule has 4 rings (SSSR count). The monoisotopic (exact) mass is 514 g/mol. The van der Waals surface area contributed by atoms with E-state index < -0.39 is 6.10 Å². The van der Waals surface area contributed by atoms with Gasteiger partial charge in [-0.25, -0.2) is 4.79 Å². The first-order chi connectivity index (χ1) is 16.3. The quantitative estimate of drug-likeness (QED) is 0.642. The number of nitrogens with zero attached hydrogens (tertiary/aromatic N) is 3. The maximum Gasteiger partial charge on any atom is 0.322 e. The third-order valence-corrected chi connectivity index (χ3v) is 7.05. The molecule has 0 aromatic heterocycles. The summed E-state index contributed by atoms with van der Waals surface area (Å²) in [7, 11) is 2.06. The van der Waals surface area contributed by atoms with E-state index >= 15 is 0 Å². The number of carbonyl (C=O) groups is 2. The highest BCUT2D eigenvalue weighted by Crippen LogP contribution is 2.29. The summed E-state index contributed by atoms with van der Waals surface area (Å²) in [5.41, 5.74) is 0.472. The van der Waals surface area contributed by atoms with E-state index in [2.05, 4.69) is 17.3 Å². The molecule has 3 aliphatic heterocycles. The zero-order valence-corrected chi connectivity index (χ0v) is 20.8. The summed E-state index contributed by atoms with van der Waals surface area (Å²) in [6.45, 7) is 3.67. The van der Waals surface area contributed by atoms with Gasteiger partial charge < -0.3 is 34.6 Å². The fourth-order valence-corrected chi connectivity index (χ4v) is 5.30. The minimum absolute atomic E-state index is 0.101. The van der Waals surface area contributed by atoms with Gasteiger partial charge in [0.15, 0.2) is 0 Å². The third kappa shape index (κ3) is 6.53. The largest absolute Gasteiger partial charge is 0.389 e. The number of amides is 3. The zero-order chi connectivity index (χ0) is 24.2. The number of carbonyl (C=O) groups excluding carboxylic acids is 2. The van der Waals surface area contributed by atoms with Gasteiger partial charge in [0.1, 0.15) is 6.10 Å². The molecule has 9 nitrogen and oxygen atoms in total. The van der Waals surface area contributed by atoms with Crippen molar-refractivity contribution in [2.24, 2.45) is 0 Å². The molecule has 3 amide bonds. The van der Waals surface area contributed by atoms with Crippen LogP contribution in [0.2, 0.25) is 10.0 Å². The van der Waals surface area contributed by atoms with Crippen LogP contribution in [0.4, 0.5) is 10.5 Å². The van der Waals surface area contributed by atoms with Crippen molar-refractivity contribution in [2.45, 2.75) is 43.6 Å². The Labute approximate surface area is 209 Å². The molecule has 2 N–H and O–H groups in total. The lowest BCUT2D eigenvalue weighted by molar-refractivity contribution is -0.155. The molecule has 1 aromatic carbocycles. The molecule has 3 fully saturated rings. The maximum atomic E-state index is 13.2. The molecule has 0 bridgehead atoms. The summed E-state index contributed by atoms with van der Waals surface area (Å²) in [5, 5.41) is 14.0. The lowest BCUT2D eigenvalue weighted by atomic mass is 9.94. The Hall–Kier alpha value is -1.62. The Bertz CT molecular complexity index is 863. The van der Waals surface area contributed by atoms with Crippen molar-refractivity contribution in [3.63, 3.8) is 0 Å². The highest BCUT2D eigenvalue weighted by molar-refractivity contribution is 6.35. The van der Waals surface area contributed by atoms with E-state index in [0.717, 1.165) is 26.2 Å². The second kappa shape index (κ2) is 11.4. The molecule has 1 aromatic rings. The van der Waals surface area contributed by atoms with Crippen molar-refractivity contribution in [1.29, 1.82) is 0 Å². The molecule has 3 saturated heterocycles. The number of halogens is 2. The Morgan fingerprint density at radius 1 is 1.09 bits per heavy atom. The van der Waals surface area contributed by atoms with Gasteiger partial charge in [-0.1, -0.05) is 23.2 Å². The van der Waals surface area contributed by atoms with Gasteiger partial charge >= 0.3 is 6.03 Å².